The largest absolute Gasteiger partial charge is 0.459 e. The number of halogens is 2. The maximum atomic E-state index is 12.9. The van der Waals surface area contributed by atoms with Crippen molar-refractivity contribution in [2.24, 2.45) is 0 Å². The highest BCUT2D eigenvalue weighted by atomic mass is 35.5. The monoisotopic (exact) mass is 429 g/mol. The van der Waals surface area contributed by atoms with Gasteiger partial charge in [0.2, 0.25) is 11.8 Å². The van der Waals surface area contributed by atoms with Crippen molar-refractivity contribution in [2.75, 3.05) is 25.5 Å². The standard InChI is InChI=1S/C22H21ClFN3O3/c1-27(14-22(29)26-18-8-6-17(24)7-9-18)13-21(28)25-12-19-10-11-20(30-19)15-2-4-16(23)5-3-15/h2-11H,12-14H2,1H3,(H,25,28)(H,26,29). The van der Waals surface area contributed by atoms with Gasteiger partial charge in [0.25, 0.3) is 0 Å². The molecule has 156 valence electrons. The van der Waals surface area contributed by atoms with Crippen molar-refractivity contribution >= 4 is 29.1 Å². The molecule has 30 heavy (non-hydrogen) atoms. The molecule has 0 aliphatic rings. The van der Waals surface area contributed by atoms with E-state index in [4.69, 9.17) is 16.0 Å². The average Bonchev–Trinajstić information content (AvgIpc) is 3.17. The van der Waals surface area contributed by atoms with Crippen LogP contribution in [-0.2, 0) is 16.1 Å². The SMILES string of the molecule is CN(CC(=O)NCc1ccc(-c2ccc(Cl)cc2)o1)CC(=O)Nc1ccc(F)cc1. The van der Waals surface area contributed by atoms with Gasteiger partial charge in [0, 0.05) is 16.3 Å². The number of anilines is 1. The predicted molar refractivity (Wildman–Crippen MR) is 114 cm³/mol. The Balaban J connectivity index is 1.42. The summed E-state index contributed by atoms with van der Waals surface area (Å²) >= 11 is 5.89. The number of hydrogen-bond donors (Lipinski definition) is 2. The zero-order valence-corrected chi connectivity index (χ0v) is 17.1. The fraction of sp³-hybridized carbons (Fsp3) is 0.182. The minimum absolute atomic E-state index is 0.0201. The summed E-state index contributed by atoms with van der Waals surface area (Å²) in [7, 11) is 1.66. The van der Waals surface area contributed by atoms with Crippen molar-refractivity contribution < 1.29 is 18.4 Å². The van der Waals surface area contributed by atoms with E-state index in [1.54, 1.807) is 30.1 Å². The van der Waals surface area contributed by atoms with Gasteiger partial charge < -0.3 is 15.1 Å². The molecular weight excluding hydrogens is 409 g/mol. The summed E-state index contributed by atoms with van der Waals surface area (Å²) in [5.41, 5.74) is 1.39. The minimum atomic E-state index is -0.376. The topological polar surface area (TPSA) is 74.6 Å². The lowest BCUT2D eigenvalue weighted by molar-refractivity contribution is -0.123. The quantitative estimate of drug-likeness (QED) is 0.569. The van der Waals surface area contributed by atoms with Crippen LogP contribution < -0.4 is 10.6 Å². The molecule has 2 aromatic carbocycles. The molecule has 8 heteroatoms. The highest BCUT2D eigenvalue weighted by Crippen LogP contribution is 2.23. The van der Waals surface area contributed by atoms with E-state index in [-0.39, 0.29) is 37.3 Å². The Morgan fingerprint density at radius 1 is 0.967 bits per heavy atom. The highest BCUT2D eigenvalue weighted by molar-refractivity contribution is 6.30. The van der Waals surface area contributed by atoms with Crippen molar-refractivity contribution in [3.8, 4) is 11.3 Å². The number of rotatable bonds is 8. The van der Waals surface area contributed by atoms with E-state index in [0.717, 1.165) is 5.56 Å². The number of nitrogens with zero attached hydrogens (tertiary/aromatic N) is 1. The molecule has 0 aliphatic heterocycles. The molecule has 0 spiro atoms. The molecule has 0 unspecified atom stereocenters. The Morgan fingerprint density at radius 2 is 1.63 bits per heavy atom. The number of carbonyl (C=O) groups excluding carboxylic acids is 2. The van der Waals surface area contributed by atoms with Gasteiger partial charge in [0.15, 0.2) is 0 Å². The van der Waals surface area contributed by atoms with Gasteiger partial charge in [-0.2, -0.15) is 0 Å². The van der Waals surface area contributed by atoms with Gasteiger partial charge in [-0.3, -0.25) is 14.5 Å². The van der Waals surface area contributed by atoms with Crippen molar-refractivity contribution in [2.45, 2.75) is 6.54 Å². The summed E-state index contributed by atoms with van der Waals surface area (Å²) in [5, 5.41) is 6.06. The van der Waals surface area contributed by atoms with Crippen molar-refractivity contribution in [1.29, 1.82) is 0 Å². The molecule has 0 fully saturated rings. The second kappa shape index (κ2) is 10.0. The average molecular weight is 430 g/mol. The maximum Gasteiger partial charge on any atom is 0.238 e. The molecular formula is C22H21ClFN3O3. The number of furan rings is 1. The van der Waals surface area contributed by atoms with E-state index in [2.05, 4.69) is 10.6 Å². The summed E-state index contributed by atoms with van der Waals surface area (Å²) in [6.07, 6.45) is 0. The summed E-state index contributed by atoms with van der Waals surface area (Å²) in [6.45, 7) is 0.301. The van der Waals surface area contributed by atoms with Crippen LogP contribution in [0.1, 0.15) is 5.76 Å². The first-order valence-corrected chi connectivity index (χ1v) is 9.62. The van der Waals surface area contributed by atoms with Crippen molar-refractivity contribution in [1.82, 2.24) is 10.2 Å². The van der Waals surface area contributed by atoms with Crippen LogP contribution >= 0.6 is 11.6 Å². The second-order valence-corrected chi connectivity index (χ2v) is 7.21. The molecule has 1 heterocycles. The van der Waals surface area contributed by atoms with Crippen LogP contribution in [0.15, 0.2) is 65.1 Å². The first kappa shape index (κ1) is 21.5. The third-order valence-corrected chi connectivity index (χ3v) is 4.46. The highest BCUT2D eigenvalue weighted by Gasteiger charge is 2.12. The number of likely N-dealkylation sites (N-methyl/N-ethyl adjacent to an activating group) is 1. The van der Waals surface area contributed by atoms with Gasteiger partial charge in [0.1, 0.15) is 17.3 Å². The van der Waals surface area contributed by atoms with Crippen molar-refractivity contribution in [3.63, 3.8) is 0 Å². The maximum absolute atomic E-state index is 12.9. The summed E-state index contributed by atoms with van der Waals surface area (Å²) in [5.74, 6) is 0.390. The van der Waals surface area contributed by atoms with Gasteiger partial charge >= 0.3 is 0 Å². The lowest BCUT2D eigenvalue weighted by Crippen LogP contribution is -2.38. The first-order chi connectivity index (χ1) is 14.4. The van der Waals surface area contributed by atoms with Crippen LogP contribution in [0, 0.1) is 5.82 Å². The molecule has 0 bridgehead atoms. The molecule has 3 aromatic rings. The van der Waals surface area contributed by atoms with E-state index in [1.165, 1.54) is 24.3 Å². The Kier molecular flexibility index (Phi) is 7.21. The van der Waals surface area contributed by atoms with Gasteiger partial charge in [0.05, 0.1) is 19.6 Å². The Labute approximate surface area is 178 Å². The number of hydrogen-bond acceptors (Lipinski definition) is 4. The fourth-order valence-corrected chi connectivity index (χ4v) is 2.89. The summed E-state index contributed by atoms with van der Waals surface area (Å²) in [4.78, 5) is 25.7. The molecule has 2 N–H and O–H groups in total. The van der Waals surface area contributed by atoms with Crippen LogP contribution in [0.3, 0.4) is 0 Å². The molecule has 1 aromatic heterocycles. The third kappa shape index (κ3) is 6.43. The number of amides is 2. The van der Waals surface area contributed by atoms with Gasteiger partial charge in [-0.1, -0.05) is 11.6 Å². The van der Waals surface area contributed by atoms with E-state index in [0.29, 0.717) is 22.2 Å². The van der Waals surface area contributed by atoms with E-state index >= 15 is 0 Å². The smallest absolute Gasteiger partial charge is 0.238 e. The molecule has 0 saturated heterocycles. The van der Waals surface area contributed by atoms with Crippen LogP contribution in [0.5, 0.6) is 0 Å². The summed E-state index contributed by atoms with van der Waals surface area (Å²) in [6, 6.07) is 16.4. The van der Waals surface area contributed by atoms with E-state index in [9.17, 15) is 14.0 Å². The molecule has 2 amide bonds. The Morgan fingerprint density at radius 3 is 2.33 bits per heavy atom. The van der Waals surface area contributed by atoms with Crippen molar-refractivity contribution in [3.05, 3.63) is 77.3 Å². The van der Waals surface area contributed by atoms with E-state index in [1.807, 2.05) is 18.2 Å². The van der Waals surface area contributed by atoms with Crippen LogP contribution in [0.2, 0.25) is 5.02 Å². The lowest BCUT2D eigenvalue weighted by Gasteiger charge is -2.15. The number of carbonyl (C=O) groups is 2. The number of nitrogens with one attached hydrogen (secondary N) is 2. The lowest BCUT2D eigenvalue weighted by atomic mass is 10.2. The van der Waals surface area contributed by atoms with Crippen LogP contribution in [-0.4, -0.2) is 36.9 Å². The molecule has 0 saturated carbocycles. The van der Waals surface area contributed by atoms with Gasteiger partial charge in [-0.05, 0) is 67.7 Å². The zero-order valence-electron chi connectivity index (χ0n) is 16.3. The Bertz CT molecular complexity index is 1000. The molecule has 0 aliphatic carbocycles. The zero-order chi connectivity index (χ0) is 21.5. The Hall–Kier alpha value is -3.16. The van der Waals surface area contributed by atoms with Gasteiger partial charge in [-0.25, -0.2) is 4.39 Å². The second-order valence-electron chi connectivity index (χ2n) is 6.78. The molecule has 0 radical (unpaired) electrons. The number of benzene rings is 2. The molecule has 6 nitrogen and oxygen atoms in total. The molecule has 0 atom stereocenters. The van der Waals surface area contributed by atoms with Crippen LogP contribution in [0.4, 0.5) is 10.1 Å². The fourth-order valence-electron chi connectivity index (χ4n) is 2.76. The predicted octanol–water partition coefficient (Wildman–Crippen LogP) is 3.93. The normalized spacial score (nSPS) is 10.8. The van der Waals surface area contributed by atoms with Crippen LogP contribution in [0.25, 0.3) is 11.3 Å². The first-order valence-electron chi connectivity index (χ1n) is 9.24. The molecule has 3 rings (SSSR count). The van der Waals surface area contributed by atoms with Gasteiger partial charge in [-0.15, -0.1) is 0 Å². The summed E-state index contributed by atoms with van der Waals surface area (Å²) < 4.78 is 18.6. The minimum Gasteiger partial charge on any atom is -0.459 e. The van der Waals surface area contributed by atoms with E-state index < -0.39 is 0 Å². The third-order valence-electron chi connectivity index (χ3n) is 4.21.